The molecular weight excluding hydrogens is 287 g/mol. The molecule has 0 radical (unpaired) electrons. The third-order valence-corrected chi connectivity index (χ3v) is 4.65. The molecule has 0 unspecified atom stereocenters. The van der Waals surface area contributed by atoms with E-state index in [2.05, 4.69) is 0 Å². The summed E-state index contributed by atoms with van der Waals surface area (Å²) in [5.74, 6) is -0.332. The van der Waals surface area contributed by atoms with E-state index >= 15 is 0 Å². The Labute approximate surface area is 116 Å². The molecule has 0 bridgehead atoms. The molecule has 0 aliphatic carbocycles. The summed E-state index contributed by atoms with van der Waals surface area (Å²) in [7, 11) is 6.16. The van der Waals surface area contributed by atoms with Gasteiger partial charge in [-0.15, -0.1) is 0 Å². The zero-order valence-corrected chi connectivity index (χ0v) is 11.8. The van der Waals surface area contributed by atoms with Crippen molar-refractivity contribution in [2.75, 3.05) is 0 Å². The van der Waals surface area contributed by atoms with Gasteiger partial charge in [-0.05, 0) is 0 Å². The summed E-state index contributed by atoms with van der Waals surface area (Å²) in [5.41, 5.74) is 1.65. The molecule has 4 heteroatoms. The van der Waals surface area contributed by atoms with Gasteiger partial charge in [-0.1, -0.05) is 0 Å². The SMILES string of the molecule is O=C([O][V]([Cl])[CH2]c1ccccc1)c1ccccc1. The zero-order valence-electron chi connectivity index (χ0n) is 9.62. The van der Waals surface area contributed by atoms with Crippen LogP contribution in [0, 0.1) is 0 Å². The maximum absolute atomic E-state index is 11.8. The van der Waals surface area contributed by atoms with Crippen LogP contribution in [0.25, 0.3) is 0 Å². The van der Waals surface area contributed by atoms with Gasteiger partial charge in [-0.2, -0.15) is 0 Å². The summed E-state index contributed by atoms with van der Waals surface area (Å²) in [6.45, 7) is 0. The Kier molecular flexibility index (Phi) is 4.88. The molecule has 0 N–H and O–H groups in total. The third-order valence-electron chi connectivity index (χ3n) is 2.34. The fourth-order valence-electron chi connectivity index (χ4n) is 1.48. The van der Waals surface area contributed by atoms with Crippen molar-refractivity contribution in [3.63, 3.8) is 0 Å². The fourth-order valence-corrected chi connectivity index (χ4v) is 3.63. The molecule has 0 heterocycles. The first-order chi connectivity index (χ1) is 8.75. The number of rotatable bonds is 4. The molecule has 92 valence electrons. The molecule has 0 aliphatic heterocycles. The molecule has 0 aromatic heterocycles. The number of hydrogen-bond acceptors (Lipinski definition) is 2. The molecule has 2 aromatic carbocycles. The molecule has 0 amide bonds. The molecule has 2 rings (SSSR count). The van der Waals surface area contributed by atoms with Gasteiger partial charge in [0.1, 0.15) is 0 Å². The molecule has 2 aromatic rings. The Morgan fingerprint density at radius 2 is 1.56 bits per heavy atom. The van der Waals surface area contributed by atoms with Crippen molar-refractivity contribution in [3.05, 3.63) is 71.8 Å². The Balaban J connectivity index is 1.92. The van der Waals surface area contributed by atoms with Gasteiger partial charge >= 0.3 is 116 Å². The Morgan fingerprint density at radius 1 is 1.00 bits per heavy atom. The van der Waals surface area contributed by atoms with Crippen molar-refractivity contribution in [1.29, 1.82) is 0 Å². The summed E-state index contributed by atoms with van der Waals surface area (Å²) in [6.07, 6.45) is 0. The summed E-state index contributed by atoms with van der Waals surface area (Å²) in [4.78, 5) is 11.8. The minimum absolute atomic E-state index is 0.332. The molecule has 0 fully saturated rings. The van der Waals surface area contributed by atoms with Gasteiger partial charge in [0, 0.05) is 0 Å². The summed E-state index contributed by atoms with van der Waals surface area (Å²) < 4.78 is 5.31. The van der Waals surface area contributed by atoms with E-state index in [0.717, 1.165) is 5.56 Å². The first-order valence-electron chi connectivity index (χ1n) is 5.50. The third kappa shape index (κ3) is 3.92. The molecule has 2 nitrogen and oxygen atoms in total. The normalized spacial score (nSPS) is 10.3. The van der Waals surface area contributed by atoms with Gasteiger partial charge < -0.3 is 0 Å². The molecule has 0 spiro atoms. The van der Waals surface area contributed by atoms with Crippen molar-refractivity contribution in [2.24, 2.45) is 0 Å². The van der Waals surface area contributed by atoms with Crippen molar-refractivity contribution in [3.8, 4) is 0 Å². The summed E-state index contributed by atoms with van der Waals surface area (Å²) >= 11 is -2.10. The number of hydrogen-bond donors (Lipinski definition) is 0. The maximum atomic E-state index is 11.8. The Bertz CT molecular complexity index is 502. The van der Waals surface area contributed by atoms with Crippen LogP contribution in [0.5, 0.6) is 0 Å². The predicted octanol–water partition coefficient (Wildman–Crippen LogP) is 3.73. The van der Waals surface area contributed by atoms with Crippen LogP contribution < -0.4 is 0 Å². The van der Waals surface area contributed by atoms with Crippen LogP contribution in [0.3, 0.4) is 0 Å². The van der Waals surface area contributed by atoms with E-state index in [0.29, 0.717) is 10.7 Å². The van der Waals surface area contributed by atoms with Gasteiger partial charge in [0.15, 0.2) is 0 Å². The van der Waals surface area contributed by atoms with E-state index in [1.54, 1.807) is 24.3 Å². The summed E-state index contributed by atoms with van der Waals surface area (Å²) in [6, 6.07) is 18.7. The average Bonchev–Trinajstić information content (AvgIpc) is 2.40. The molecule has 0 atom stereocenters. The molecule has 0 saturated heterocycles. The van der Waals surface area contributed by atoms with Gasteiger partial charge in [0.05, 0.1) is 0 Å². The van der Waals surface area contributed by atoms with E-state index in [9.17, 15) is 4.79 Å². The van der Waals surface area contributed by atoms with Crippen LogP contribution in [0.1, 0.15) is 15.9 Å². The second-order valence-corrected chi connectivity index (χ2v) is 7.03. The fraction of sp³-hybridized carbons (Fsp3) is 0.0714. The first-order valence-corrected chi connectivity index (χ1v) is 8.98. The molecule has 0 saturated carbocycles. The number of halogens is 1. The number of benzene rings is 2. The molecule has 18 heavy (non-hydrogen) atoms. The van der Waals surface area contributed by atoms with Crippen LogP contribution in [-0.2, 0) is 23.3 Å². The standard InChI is InChI=1S/C7H6O2.C7H7.ClH.V/c8-7(9)6-4-2-1-3-5-6;1-7-5-3-2-4-6-7;;/h1-5H,(H,8,9);2-6H,1H2;1H;/q;;;+2/p-2. The van der Waals surface area contributed by atoms with Crippen LogP contribution in [0.15, 0.2) is 60.7 Å². The topological polar surface area (TPSA) is 26.3 Å². The second-order valence-electron chi connectivity index (χ2n) is 3.71. The van der Waals surface area contributed by atoms with Gasteiger partial charge in [-0.3, -0.25) is 0 Å². The van der Waals surface area contributed by atoms with Gasteiger partial charge in [-0.25, -0.2) is 0 Å². The van der Waals surface area contributed by atoms with E-state index in [4.69, 9.17) is 13.5 Å². The van der Waals surface area contributed by atoms with Crippen LogP contribution in [0.4, 0.5) is 0 Å². The van der Waals surface area contributed by atoms with Crippen LogP contribution >= 0.6 is 9.85 Å². The number of carbonyl (C=O) groups is 1. The van der Waals surface area contributed by atoms with Crippen LogP contribution in [0.2, 0.25) is 0 Å². The predicted molar refractivity (Wildman–Crippen MR) is 67.9 cm³/mol. The average molecular weight is 299 g/mol. The second kappa shape index (κ2) is 6.65. The zero-order chi connectivity index (χ0) is 12.8. The van der Waals surface area contributed by atoms with E-state index in [1.807, 2.05) is 36.4 Å². The Hall–Kier alpha value is -1.22. The van der Waals surface area contributed by atoms with E-state index in [-0.39, 0.29) is 5.97 Å². The number of carbonyl (C=O) groups excluding carboxylic acids is 1. The van der Waals surface area contributed by atoms with Gasteiger partial charge in [0.25, 0.3) is 0 Å². The molecular formula is C14H12ClO2V. The van der Waals surface area contributed by atoms with Crippen LogP contribution in [-0.4, -0.2) is 5.97 Å². The molecule has 0 aliphatic rings. The van der Waals surface area contributed by atoms with Crippen molar-refractivity contribution >= 4 is 15.8 Å². The minimum atomic E-state index is -2.10. The van der Waals surface area contributed by atoms with Gasteiger partial charge in [0.2, 0.25) is 0 Å². The van der Waals surface area contributed by atoms with Crippen molar-refractivity contribution in [2.45, 2.75) is 5.13 Å². The van der Waals surface area contributed by atoms with E-state index in [1.165, 1.54) is 0 Å². The Morgan fingerprint density at radius 3 is 2.17 bits per heavy atom. The monoisotopic (exact) mass is 298 g/mol. The first kappa shape index (κ1) is 13.2. The van der Waals surface area contributed by atoms with Crippen molar-refractivity contribution < 1.29 is 23.0 Å². The van der Waals surface area contributed by atoms with Crippen molar-refractivity contribution in [1.82, 2.24) is 0 Å². The summed E-state index contributed by atoms with van der Waals surface area (Å²) in [5, 5.41) is 0.647. The quantitative estimate of drug-likeness (QED) is 0.859. The van der Waals surface area contributed by atoms with E-state index < -0.39 is 14.6 Å².